The molecule has 0 amide bonds. The van der Waals surface area contributed by atoms with Crippen molar-refractivity contribution in [2.45, 2.75) is 32.8 Å². The number of allylic oxidation sites excluding steroid dienone is 1. The molecule has 0 saturated heterocycles. The molecule has 0 aliphatic heterocycles. The minimum atomic E-state index is -0.805. The van der Waals surface area contributed by atoms with Gasteiger partial charge in [0, 0.05) is 0 Å². The summed E-state index contributed by atoms with van der Waals surface area (Å²) in [6, 6.07) is 7.97. The summed E-state index contributed by atoms with van der Waals surface area (Å²) in [5, 5.41) is 10.4. The Labute approximate surface area is 86.1 Å². The van der Waals surface area contributed by atoms with Gasteiger partial charge in [-0.3, -0.25) is 0 Å². The van der Waals surface area contributed by atoms with Crippen LogP contribution >= 0.6 is 0 Å². The Balaban J connectivity index is 3.19. The molecule has 76 valence electrons. The predicted molar refractivity (Wildman–Crippen MR) is 60.2 cm³/mol. The first-order valence-corrected chi connectivity index (χ1v) is 5.06. The Morgan fingerprint density at radius 2 is 2.00 bits per heavy atom. The van der Waals surface area contributed by atoms with Crippen molar-refractivity contribution in [1.82, 2.24) is 0 Å². The van der Waals surface area contributed by atoms with Crippen molar-refractivity contribution in [3.05, 3.63) is 47.5 Å². The quantitative estimate of drug-likeness (QED) is 0.726. The topological polar surface area (TPSA) is 20.2 Å². The van der Waals surface area contributed by atoms with Crippen molar-refractivity contribution in [1.29, 1.82) is 0 Å². The van der Waals surface area contributed by atoms with Gasteiger partial charge in [0.2, 0.25) is 0 Å². The normalized spacial score (nSPS) is 15.7. The molecule has 1 rings (SSSR count). The van der Waals surface area contributed by atoms with E-state index in [1.54, 1.807) is 0 Å². The molecule has 0 spiro atoms. The first-order chi connectivity index (χ1) is 6.64. The summed E-state index contributed by atoms with van der Waals surface area (Å²) in [5.74, 6) is 0. The summed E-state index contributed by atoms with van der Waals surface area (Å²) in [6.45, 7) is 5.95. The Morgan fingerprint density at radius 3 is 2.50 bits per heavy atom. The molecule has 0 aliphatic rings. The minimum Gasteiger partial charge on any atom is -0.381 e. The van der Waals surface area contributed by atoms with E-state index in [9.17, 15) is 5.11 Å². The second-order valence-electron chi connectivity index (χ2n) is 3.59. The maximum absolute atomic E-state index is 10.4. The molecule has 1 N–H and O–H groups in total. The predicted octanol–water partition coefficient (Wildman–Crippen LogP) is 3.17. The summed E-state index contributed by atoms with van der Waals surface area (Å²) in [7, 11) is 0. The van der Waals surface area contributed by atoms with Crippen LogP contribution < -0.4 is 0 Å². The van der Waals surface area contributed by atoms with E-state index in [1.165, 1.54) is 0 Å². The number of rotatable bonds is 3. The molecule has 14 heavy (non-hydrogen) atoms. The lowest BCUT2D eigenvalue weighted by Gasteiger charge is -2.25. The van der Waals surface area contributed by atoms with E-state index < -0.39 is 5.60 Å². The van der Waals surface area contributed by atoms with E-state index in [4.69, 9.17) is 0 Å². The first-order valence-electron chi connectivity index (χ1n) is 5.06. The number of hydrogen-bond donors (Lipinski definition) is 1. The van der Waals surface area contributed by atoms with Gasteiger partial charge in [-0.05, 0) is 31.4 Å². The Morgan fingerprint density at radius 1 is 1.36 bits per heavy atom. The molecule has 0 heterocycles. The van der Waals surface area contributed by atoms with Crippen molar-refractivity contribution in [2.24, 2.45) is 0 Å². The molecule has 0 aliphatic carbocycles. The van der Waals surface area contributed by atoms with E-state index in [0.29, 0.717) is 6.42 Å². The fourth-order valence-electron chi connectivity index (χ4n) is 1.73. The van der Waals surface area contributed by atoms with Crippen LogP contribution in [0.4, 0.5) is 0 Å². The van der Waals surface area contributed by atoms with Crippen molar-refractivity contribution >= 4 is 0 Å². The highest BCUT2D eigenvalue weighted by molar-refractivity contribution is 5.34. The minimum absolute atomic E-state index is 0.697. The summed E-state index contributed by atoms with van der Waals surface area (Å²) in [4.78, 5) is 0. The molecular formula is C13H18O. The van der Waals surface area contributed by atoms with Gasteiger partial charge in [-0.15, -0.1) is 0 Å². The SMILES string of the molecule is CC=CC(O)(CC)c1ccccc1C. The van der Waals surface area contributed by atoms with Crippen molar-refractivity contribution in [2.75, 3.05) is 0 Å². The zero-order chi connectivity index (χ0) is 10.6. The van der Waals surface area contributed by atoms with Crippen LogP contribution in [-0.4, -0.2) is 5.11 Å². The third-order valence-electron chi connectivity index (χ3n) is 2.59. The third-order valence-corrected chi connectivity index (χ3v) is 2.59. The number of hydrogen-bond acceptors (Lipinski definition) is 1. The van der Waals surface area contributed by atoms with Crippen molar-refractivity contribution in [3.63, 3.8) is 0 Å². The average molecular weight is 190 g/mol. The zero-order valence-corrected chi connectivity index (χ0v) is 9.12. The van der Waals surface area contributed by atoms with Crippen molar-refractivity contribution < 1.29 is 5.11 Å². The lowest BCUT2D eigenvalue weighted by Crippen LogP contribution is -2.22. The van der Waals surface area contributed by atoms with Gasteiger partial charge in [0.15, 0.2) is 0 Å². The van der Waals surface area contributed by atoms with Gasteiger partial charge >= 0.3 is 0 Å². The number of aliphatic hydroxyl groups is 1. The maximum atomic E-state index is 10.4. The molecule has 1 heteroatoms. The fraction of sp³-hybridized carbons (Fsp3) is 0.385. The van der Waals surface area contributed by atoms with Gasteiger partial charge in [0.1, 0.15) is 5.60 Å². The van der Waals surface area contributed by atoms with Gasteiger partial charge in [-0.1, -0.05) is 43.3 Å². The van der Waals surface area contributed by atoms with Crippen LogP contribution in [0.2, 0.25) is 0 Å². The van der Waals surface area contributed by atoms with Gasteiger partial charge in [0.05, 0.1) is 0 Å². The standard InChI is InChI=1S/C13H18O/c1-4-10-13(14,5-2)12-9-7-6-8-11(12)3/h4,6-10,14H,5H2,1-3H3. The van der Waals surface area contributed by atoms with E-state index in [-0.39, 0.29) is 0 Å². The Hall–Kier alpha value is -1.08. The van der Waals surface area contributed by atoms with Crippen LogP contribution in [0, 0.1) is 6.92 Å². The summed E-state index contributed by atoms with van der Waals surface area (Å²) < 4.78 is 0. The lowest BCUT2D eigenvalue weighted by atomic mass is 9.88. The Bertz CT molecular complexity index is 328. The van der Waals surface area contributed by atoms with Gasteiger partial charge < -0.3 is 5.11 Å². The van der Waals surface area contributed by atoms with Crippen LogP contribution in [0.15, 0.2) is 36.4 Å². The summed E-state index contributed by atoms with van der Waals surface area (Å²) in [6.07, 6.45) is 4.45. The molecule has 0 radical (unpaired) electrons. The van der Waals surface area contributed by atoms with Gasteiger partial charge in [-0.2, -0.15) is 0 Å². The lowest BCUT2D eigenvalue weighted by molar-refractivity contribution is 0.0844. The van der Waals surface area contributed by atoms with Crippen LogP contribution in [0.3, 0.4) is 0 Å². The monoisotopic (exact) mass is 190 g/mol. The van der Waals surface area contributed by atoms with Crippen LogP contribution in [0.25, 0.3) is 0 Å². The second kappa shape index (κ2) is 4.43. The summed E-state index contributed by atoms with van der Waals surface area (Å²) >= 11 is 0. The van der Waals surface area contributed by atoms with E-state index in [2.05, 4.69) is 0 Å². The third kappa shape index (κ3) is 2.05. The van der Waals surface area contributed by atoms with Crippen LogP contribution in [0.5, 0.6) is 0 Å². The smallest absolute Gasteiger partial charge is 0.108 e. The van der Waals surface area contributed by atoms with Crippen LogP contribution in [-0.2, 0) is 5.60 Å². The molecule has 1 aromatic rings. The van der Waals surface area contributed by atoms with E-state index in [0.717, 1.165) is 11.1 Å². The van der Waals surface area contributed by atoms with E-state index >= 15 is 0 Å². The van der Waals surface area contributed by atoms with Crippen molar-refractivity contribution in [3.8, 4) is 0 Å². The highest BCUT2D eigenvalue weighted by Crippen LogP contribution is 2.28. The van der Waals surface area contributed by atoms with Crippen LogP contribution in [0.1, 0.15) is 31.4 Å². The molecule has 0 fully saturated rings. The highest BCUT2D eigenvalue weighted by atomic mass is 16.3. The first kappa shape index (κ1) is 11.0. The summed E-state index contributed by atoms with van der Waals surface area (Å²) in [5.41, 5.74) is 1.33. The zero-order valence-electron chi connectivity index (χ0n) is 9.12. The highest BCUT2D eigenvalue weighted by Gasteiger charge is 2.24. The maximum Gasteiger partial charge on any atom is 0.108 e. The second-order valence-corrected chi connectivity index (χ2v) is 3.59. The molecular weight excluding hydrogens is 172 g/mol. The molecule has 1 nitrogen and oxygen atoms in total. The average Bonchev–Trinajstić information content (AvgIpc) is 2.18. The number of aryl methyl sites for hydroxylation is 1. The molecule has 0 aromatic heterocycles. The van der Waals surface area contributed by atoms with Gasteiger partial charge in [-0.25, -0.2) is 0 Å². The molecule has 0 saturated carbocycles. The van der Waals surface area contributed by atoms with E-state index in [1.807, 2.05) is 57.2 Å². The van der Waals surface area contributed by atoms with Gasteiger partial charge in [0.25, 0.3) is 0 Å². The molecule has 0 bridgehead atoms. The molecule has 1 aromatic carbocycles. The molecule has 1 atom stereocenters. The fourth-order valence-corrected chi connectivity index (χ4v) is 1.73. The molecule has 1 unspecified atom stereocenters. The Kier molecular flexibility index (Phi) is 3.48. The largest absolute Gasteiger partial charge is 0.381 e. The number of benzene rings is 1.